The van der Waals surface area contributed by atoms with E-state index in [1.54, 1.807) is 18.5 Å². The third-order valence-corrected chi connectivity index (χ3v) is 2.93. The number of allylic oxidation sites excluding steroid dienone is 2. The van der Waals surface area contributed by atoms with Gasteiger partial charge in [0.05, 0.1) is 11.9 Å². The fourth-order valence-corrected chi connectivity index (χ4v) is 1.89. The van der Waals surface area contributed by atoms with Crippen molar-refractivity contribution in [3.8, 4) is 0 Å². The Kier molecular flexibility index (Phi) is 9.76. The van der Waals surface area contributed by atoms with Crippen LogP contribution in [0.2, 0.25) is 0 Å². The van der Waals surface area contributed by atoms with Crippen molar-refractivity contribution < 1.29 is 0 Å². The van der Waals surface area contributed by atoms with Crippen molar-refractivity contribution in [2.75, 3.05) is 5.73 Å². The summed E-state index contributed by atoms with van der Waals surface area (Å²) >= 11 is 0. The minimum absolute atomic E-state index is 0.384. The van der Waals surface area contributed by atoms with E-state index in [1.165, 1.54) is 0 Å². The summed E-state index contributed by atoms with van der Waals surface area (Å²) in [6.45, 7) is 17.7. The van der Waals surface area contributed by atoms with E-state index >= 15 is 0 Å². The minimum Gasteiger partial charge on any atom is -0.369 e. The third kappa shape index (κ3) is 5.25. The molecule has 2 aromatic rings. The topological polar surface area (TPSA) is 67.6 Å². The van der Waals surface area contributed by atoms with E-state index in [1.807, 2.05) is 53.0 Å². The predicted octanol–water partition coefficient (Wildman–Crippen LogP) is 3.18. The summed E-state index contributed by atoms with van der Waals surface area (Å²) in [4.78, 5) is 11.2. The summed E-state index contributed by atoms with van der Waals surface area (Å²) in [7, 11) is 0. The highest BCUT2D eigenvalue weighted by Gasteiger charge is 2.03. The maximum absolute atomic E-state index is 5.63. The molecule has 0 aliphatic rings. The molecule has 0 radical (unpaired) electrons. The first-order chi connectivity index (χ1) is 11.2. The van der Waals surface area contributed by atoms with Gasteiger partial charge in [0.25, 0.3) is 0 Å². The van der Waals surface area contributed by atoms with Crippen LogP contribution in [0.25, 0.3) is 11.1 Å². The molecule has 23 heavy (non-hydrogen) atoms. The van der Waals surface area contributed by atoms with Gasteiger partial charge in [-0.15, -0.1) is 0 Å². The van der Waals surface area contributed by atoms with Gasteiger partial charge in [-0.05, 0) is 23.8 Å². The van der Waals surface area contributed by atoms with E-state index in [2.05, 4.69) is 28.1 Å². The molecule has 0 aliphatic heterocycles. The monoisotopic (exact) mass is 312 g/mol. The molecular weight excluding hydrogens is 284 g/mol. The molecule has 124 valence electrons. The summed E-state index contributed by atoms with van der Waals surface area (Å²) in [5, 5.41) is 2.03. The summed E-state index contributed by atoms with van der Waals surface area (Å²) < 4.78 is 0. The molecule has 0 spiro atoms. The molecule has 4 nitrogen and oxygen atoms in total. The van der Waals surface area contributed by atoms with Crippen molar-refractivity contribution >= 4 is 17.1 Å². The number of hydrogen-bond donors (Lipinski definition) is 2. The highest BCUT2D eigenvalue weighted by molar-refractivity contribution is 5.72. The number of pyridine rings is 1. The van der Waals surface area contributed by atoms with Crippen LogP contribution in [0.15, 0.2) is 50.0 Å². The predicted molar refractivity (Wildman–Crippen MR) is 101 cm³/mol. The lowest BCUT2D eigenvalue weighted by molar-refractivity contribution is 1.25. The Morgan fingerprint density at radius 3 is 2.22 bits per heavy atom. The molecule has 0 fully saturated rings. The number of imidazole rings is 1. The van der Waals surface area contributed by atoms with Crippen molar-refractivity contribution in [2.45, 2.75) is 34.6 Å². The SMILES string of the molecule is C=C/C(C)=c1/cncc/c1=C(/C=C)c1cnc(N)[nH]1.CC.CC. The quantitative estimate of drug-likeness (QED) is 0.914. The van der Waals surface area contributed by atoms with E-state index in [9.17, 15) is 0 Å². The van der Waals surface area contributed by atoms with Crippen LogP contribution in [0.5, 0.6) is 0 Å². The molecule has 2 heterocycles. The molecule has 2 rings (SSSR count). The molecular formula is C19H28N4. The molecule has 0 amide bonds. The van der Waals surface area contributed by atoms with Gasteiger partial charge in [-0.2, -0.15) is 0 Å². The van der Waals surface area contributed by atoms with Gasteiger partial charge < -0.3 is 10.7 Å². The lowest BCUT2D eigenvalue weighted by Gasteiger charge is -2.01. The Morgan fingerprint density at radius 1 is 1.09 bits per heavy atom. The summed E-state index contributed by atoms with van der Waals surface area (Å²) in [6, 6.07) is 1.94. The summed E-state index contributed by atoms with van der Waals surface area (Å²) in [6.07, 6.45) is 8.85. The Labute approximate surface area is 139 Å². The highest BCUT2D eigenvalue weighted by atomic mass is 15.0. The van der Waals surface area contributed by atoms with E-state index in [0.29, 0.717) is 5.95 Å². The van der Waals surface area contributed by atoms with Crippen LogP contribution in [0.1, 0.15) is 40.3 Å². The van der Waals surface area contributed by atoms with Crippen molar-refractivity contribution in [3.63, 3.8) is 0 Å². The van der Waals surface area contributed by atoms with Crippen LogP contribution in [-0.4, -0.2) is 15.0 Å². The first kappa shape index (κ1) is 20.4. The number of rotatable bonds is 3. The van der Waals surface area contributed by atoms with E-state index in [0.717, 1.165) is 27.3 Å². The van der Waals surface area contributed by atoms with Crippen LogP contribution in [0.3, 0.4) is 0 Å². The van der Waals surface area contributed by atoms with Gasteiger partial charge >= 0.3 is 0 Å². The number of H-pyrrole nitrogens is 1. The average molecular weight is 312 g/mol. The van der Waals surface area contributed by atoms with Crippen LogP contribution >= 0.6 is 0 Å². The molecule has 0 unspecified atom stereocenters. The Hall–Kier alpha value is -2.62. The molecule has 0 aromatic carbocycles. The third-order valence-electron chi connectivity index (χ3n) is 2.93. The number of nitrogens with zero attached hydrogens (tertiary/aromatic N) is 2. The second-order valence-corrected chi connectivity index (χ2v) is 4.11. The Bertz CT molecular complexity index is 739. The molecule has 4 heteroatoms. The smallest absolute Gasteiger partial charge is 0.197 e. The van der Waals surface area contributed by atoms with Crippen molar-refractivity contribution in [3.05, 3.63) is 66.1 Å². The molecule has 0 bridgehead atoms. The first-order valence-corrected chi connectivity index (χ1v) is 7.88. The van der Waals surface area contributed by atoms with E-state index in [4.69, 9.17) is 5.73 Å². The minimum atomic E-state index is 0.384. The van der Waals surface area contributed by atoms with Gasteiger partial charge in [-0.25, -0.2) is 4.98 Å². The van der Waals surface area contributed by atoms with Gasteiger partial charge in [0.1, 0.15) is 0 Å². The number of hydrogen-bond acceptors (Lipinski definition) is 3. The largest absolute Gasteiger partial charge is 0.369 e. The zero-order chi connectivity index (χ0) is 17.8. The Balaban J connectivity index is 0.00000112. The molecule has 2 aromatic heterocycles. The number of nitrogens with two attached hydrogens (primary N) is 1. The number of aromatic nitrogens is 3. The van der Waals surface area contributed by atoms with Gasteiger partial charge in [-0.3, -0.25) is 4.98 Å². The molecule has 0 saturated carbocycles. The lowest BCUT2D eigenvalue weighted by atomic mass is 10.1. The normalized spacial score (nSPS) is 11.9. The maximum atomic E-state index is 5.63. The van der Waals surface area contributed by atoms with Gasteiger partial charge in [0.2, 0.25) is 0 Å². The first-order valence-electron chi connectivity index (χ1n) is 7.88. The number of nitrogen functional groups attached to an aromatic ring is 1. The van der Waals surface area contributed by atoms with Crippen LogP contribution < -0.4 is 16.2 Å². The fraction of sp³-hybridized carbons (Fsp3) is 0.263. The highest BCUT2D eigenvalue weighted by Crippen LogP contribution is 2.09. The second kappa shape index (κ2) is 11.0. The molecule has 0 atom stereocenters. The lowest BCUT2D eigenvalue weighted by Crippen LogP contribution is -2.29. The second-order valence-electron chi connectivity index (χ2n) is 4.11. The van der Waals surface area contributed by atoms with Crippen LogP contribution in [-0.2, 0) is 0 Å². The van der Waals surface area contributed by atoms with Crippen LogP contribution in [0.4, 0.5) is 5.95 Å². The standard InChI is InChI=1S/C15H16N4.2C2H6/c1-4-10(3)13-8-17-7-6-12(13)11(5-2)14-9-18-15(16)19-14;2*1-2/h4-9H,1-2H2,3H3,(H3,16,18,19);2*1-2H3/b12-11+,13-10-;;. The van der Waals surface area contributed by atoms with Crippen LogP contribution in [0, 0.1) is 0 Å². The fourth-order valence-electron chi connectivity index (χ4n) is 1.89. The zero-order valence-electron chi connectivity index (χ0n) is 14.9. The zero-order valence-corrected chi connectivity index (χ0v) is 14.9. The maximum Gasteiger partial charge on any atom is 0.197 e. The van der Waals surface area contributed by atoms with Crippen molar-refractivity contribution in [2.24, 2.45) is 0 Å². The van der Waals surface area contributed by atoms with E-state index in [-0.39, 0.29) is 0 Å². The van der Waals surface area contributed by atoms with Gasteiger partial charge in [-0.1, -0.05) is 53.0 Å². The average Bonchev–Trinajstić information content (AvgIpc) is 3.05. The van der Waals surface area contributed by atoms with E-state index < -0.39 is 0 Å². The number of anilines is 1. The van der Waals surface area contributed by atoms with Gasteiger partial charge in [0.15, 0.2) is 5.95 Å². The number of aromatic amines is 1. The molecule has 0 aliphatic carbocycles. The summed E-state index contributed by atoms with van der Waals surface area (Å²) in [5.74, 6) is 0.384. The van der Waals surface area contributed by atoms with Crippen molar-refractivity contribution in [1.82, 2.24) is 15.0 Å². The molecule has 3 N–H and O–H groups in total. The summed E-state index contributed by atoms with van der Waals surface area (Å²) in [5.41, 5.74) is 8.44. The number of nitrogens with one attached hydrogen (secondary N) is 1. The van der Waals surface area contributed by atoms with Gasteiger partial charge in [0, 0.05) is 23.2 Å². The molecule has 0 saturated heterocycles. The Morgan fingerprint density at radius 2 is 1.74 bits per heavy atom. The van der Waals surface area contributed by atoms with Crippen molar-refractivity contribution in [1.29, 1.82) is 0 Å².